The average Bonchev–Trinajstić information content (AvgIpc) is 2.75. The van der Waals surface area contributed by atoms with Crippen molar-refractivity contribution in [2.24, 2.45) is 0 Å². The maximum Gasteiger partial charge on any atom is 0.244 e. The minimum Gasteiger partial charge on any atom is -1.00 e. The Balaban J connectivity index is 0.00000162. The molecule has 0 aliphatic carbocycles. The SMILES string of the molecule is CN(C)CCn1cc[n+](Cc2ccccc2)c1.[Br-]. The van der Waals surface area contributed by atoms with Gasteiger partial charge < -0.3 is 21.9 Å². The molecule has 0 fully saturated rings. The topological polar surface area (TPSA) is 12.1 Å². The van der Waals surface area contributed by atoms with E-state index in [4.69, 9.17) is 0 Å². The molecule has 0 unspecified atom stereocenters. The molecule has 1 aromatic heterocycles. The lowest BCUT2D eigenvalue weighted by Gasteiger charge is -2.05. The van der Waals surface area contributed by atoms with Gasteiger partial charge in [0.25, 0.3) is 0 Å². The summed E-state index contributed by atoms with van der Waals surface area (Å²) in [6.45, 7) is 3.05. The lowest BCUT2D eigenvalue weighted by Crippen LogP contribution is -3.00. The van der Waals surface area contributed by atoms with Crippen LogP contribution in [0.25, 0.3) is 0 Å². The van der Waals surface area contributed by atoms with Gasteiger partial charge >= 0.3 is 0 Å². The van der Waals surface area contributed by atoms with Crippen molar-refractivity contribution in [2.45, 2.75) is 13.1 Å². The minimum atomic E-state index is 0. The van der Waals surface area contributed by atoms with E-state index in [1.54, 1.807) is 0 Å². The number of hydrogen-bond acceptors (Lipinski definition) is 1. The summed E-state index contributed by atoms with van der Waals surface area (Å²) < 4.78 is 4.44. The number of benzene rings is 1. The first-order valence-electron chi connectivity index (χ1n) is 5.97. The van der Waals surface area contributed by atoms with E-state index in [1.165, 1.54) is 5.56 Å². The fourth-order valence-electron chi connectivity index (χ4n) is 1.77. The predicted molar refractivity (Wildman–Crippen MR) is 68.7 cm³/mol. The molecule has 0 spiro atoms. The Morgan fingerprint density at radius 2 is 1.89 bits per heavy atom. The Labute approximate surface area is 119 Å². The molecule has 1 aromatic carbocycles. The van der Waals surface area contributed by atoms with Gasteiger partial charge in [-0.1, -0.05) is 30.3 Å². The number of hydrogen-bond donors (Lipinski definition) is 0. The third-order valence-electron chi connectivity index (χ3n) is 2.76. The van der Waals surface area contributed by atoms with Gasteiger partial charge in [-0.3, -0.25) is 0 Å². The summed E-state index contributed by atoms with van der Waals surface area (Å²) in [6, 6.07) is 10.5. The molecule has 0 amide bonds. The van der Waals surface area contributed by atoms with Crippen LogP contribution in [0.4, 0.5) is 0 Å². The molecule has 2 aromatic rings. The van der Waals surface area contributed by atoms with Crippen LogP contribution in [0.15, 0.2) is 49.1 Å². The molecule has 18 heavy (non-hydrogen) atoms. The van der Waals surface area contributed by atoms with E-state index in [1.807, 2.05) is 0 Å². The van der Waals surface area contributed by atoms with Crippen molar-refractivity contribution in [1.29, 1.82) is 0 Å². The highest BCUT2D eigenvalue weighted by Gasteiger charge is 2.04. The Hall–Kier alpha value is -1.13. The van der Waals surface area contributed by atoms with E-state index in [0.29, 0.717) is 0 Å². The predicted octanol–water partition coefficient (Wildman–Crippen LogP) is -1.61. The van der Waals surface area contributed by atoms with E-state index in [0.717, 1.165) is 19.6 Å². The summed E-state index contributed by atoms with van der Waals surface area (Å²) in [6.07, 6.45) is 6.42. The van der Waals surface area contributed by atoms with Gasteiger partial charge in [0.05, 0.1) is 0 Å². The van der Waals surface area contributed by atoms with Crippen LogP contribution in [0.2, 0.25) is 0 Å². The van der Waals surface area contributed by atoms with Gasteiger partial charge in [0.2, 0.25) is 6.33 Å². The van der Waals surface area contributed by atoms with Gasteiger partial charge in [0, 0.05) is 6.54 Å². The highest BCUT2D eigenvalue weighted by Crippen LogP contribution is 1.97. The maximum atomic E-state index is 2.23. The van der Waals surface area contributed by atoms with Crippen LogP contribution >= 0.6 is 0 Å². The second-order valence-electron chi connectivity index (χ2n) is 4.61. The molecule has 0 saturated carbocycles. The molecule has 0 bridgehead atoms. The summed E-state index contributed by atoms with van der Waals surface area (Å²) in [7, 11) is 4.20. The zero-order valence-electron chi connectivity index (χ0n) is 11.0. The first-order valence-corrected chi connectivity index (χ1v) is 5.97. The Bertz CT molecular complexity index is 451. The summed E-state index contributed by atoms with van der Waals surface area (Å²) in [4.78, 5) is 2.20. The first-order chi connectivity index (χ1) is 8.24. The largest absolute Gasteiger partial charge is 1.00 e. The van der Waals surface area contributed by atoms with Crippen LogP contribution in [0, 0.1) is 0 Å². The standard InChI is InChI=1S/C14H20N3.BrH/c1-15(2)8-9-16-10-11-17(13-16)12-14-6-4-3-5-7-14;/h3-7,10-11,13H,8-9,12H2,1-2H3;1H/q+1;/p-1. The number of likely N-dealkylation sites (N-methyl/N-ethyl adjacent to an activating group) is 1. The van der Waals surface area contributed by atoms with Crippen LogP contribution < -0.4 is 21.5 Å². The molecule has 98 valence electrons. The molecule has 2 rings (SSSR count). The maximum absolute atomic E-state index is 2.23. The fourth-order valence-corrected chi connectivity index (χ4v) is 1.77. The Morgan fingerprint density at radius 3 is 2.56 bits per heavy atom. The molecular formula is C14H20BrN3. The van der Waals surface area contributed by atoms with Gasteiger partial charge in [-0.05, 0) is 19.7 Å². The van der Waals surface area contributed by atoms with Gasteiger partial charge in [0.15, 0.2) is 0 Å². The molecule has 0 aliphatic heterocycles. The van der Waals surface area contributed by atoms with Crippen LogP contribution in [0.3, 0.4) is 0 Å². The second-order valence-corrected chi connectivity index (χ2v) is 4.61. The number of imidazole rings is 1. The van der Waals surface area contributed by atoms with E-state index in [-0.39, 0.29) is 17.0 Å². The number of rotatable bonds is 5. The number of aromatic nitrogens is 2. The summed E-state index contributed by atoms with van der Waals surface area (Å²) in [5.41, 5.74) is 1.34. The Kier molecular flexibility index (Phi) is 6.09. The van der Waals surface area contributed by atoms with Gasteiger partial charge in [-0.2, -0.15) is 0 Å². The zero-order chi connectivity index (χ0) is 12.1. The third kappa shape index (κ3) is 4.63. The number of halogens is 1. The van der Waals surface area contributed by atoms with E-state index >= 15 is 0 Å². The molecule has 4 heteroatoms. The van der Waals surface area contributed by atoms with Crippen molar-refractivity contribution >= 4 is 0 Å². The molecule has 0 radical (unpaired) electrons. The van der Waals surface area contributed by atoms with E-state index in [9.17, 15) is 0 Å². The highest BCUT2D eigenvalue weighted by atomic mass is 79.9. The van der Waals surface area contributed by atoms with Crippen molar-refractivity contribution in [3.05, 3.63) is 54.6 Å². The smallest absolute Gasteiger partial charge is 0.244 e. The molecule has 1 heterocycles. The third-order valence-corrected chi connectivity index (χ3v) is 2.76. The van der Waals surface area contributed by atoms with Crippen molar-refractivity contribution in [2.75, 3.05) is 20.6 Å². The fraction of sp³-hybridized carbons (Fsp3) is 0.357. The second kappa shape index (κ2) is 7.34. The molecule has 3 nitrogen and oxygen atoms in total. The van der Waals surface area contributed by atoms with Crippen LogP contribution in [0.1, 0.15) is 5.56 Å². The molecule has 0 aliphatic rings. The lowest BCUT2D eigenvalue weighted by molar-refractivity contribution is -0.687. The normalized spacial score (nSPS) is 10.4. The Morgan fingerprint density at radius 1 is 1.17 bits per heavy atom. The first kappa shape index (κ1) is 14.9. The molecular weight excluding hydrogens is 290 g/mol. The lowest BCUT2D eigenvalue weighted by atomic mass is 10.2. The van der Waals surface area contributed by atoms with Crippen molar-refractivity contribution in [3.8, 4) is 0 Å². The average molecular weight is 310 g/mol. The summed E-state index contributed by atoms with van der Waals surface area (Å²) in [5, 5.41) is 0. The molecule has 0 saturated heterocycles. The summed E-state index contributed by atoms with van der Waals surface area (Å²) in [5.74, 6) is 0. The molecule has 0 atom stereocenters. The van der Waals surface area contributed by atoms with Gasteiger partial charge in [-0.15, -0.1) is 0 Å². The van der Waals surface area contributed by atoms with Crippen molar-refractivity contribution < 1.29 is 21.5 Å². The minimum absolute atomic E-state index is 0. The van der Waals surface area contributed by atoms with Crippen molar-refractivity contribution in [3.63, 3.8) is 0 Å². The van der Waals surface area contributed by atoms with Gasteiger partial charge in [0.1, 0.15) is 25.5 Å². The van der Waals surface area contributed by atoms with Crippen LogP contribution in [-0.4, -0.2) is 30.1 Å². The van der Waals surface area contributed by atoms with E-state index < -0.39 is 0 Å². The highest BCUT2D eigenvalue weighted by molar-refractivity contribution is 5.13. The summed E-state index contributed by atoms with van der Waals surface area (Å²) >= 11 is 0. The number of nitrogens with zero attached hydrogens (tertiary/aromatic N) is 3. The molecule has 0 N–H and O–H groups in total. The monoisotopic (exact) mass is 309 g/mol. The van der Waals surface area contributed by atoms with Gasteiger partial charge in [-0.25, -0.2) is 9.13 Å². The zero-order valence-corrected chi connectivity index (χ0v) is 12.5. The van der Waals surface area contributed by atoms with E-state index in [2.05, 4.69) is 77.2 Å². The van der Waals surface area contributed by atoms with Crippen LogP contribution in [0.5, 0.6) is 0 Å². The van der Waals surface area contributed by atoms with Crippen LogP contribution in [-0.2, 0) is 13.1 Å². The quantitative estimate of drug-likeness (QED) is 0.605. The van der Waals surface area contributed by atoms with Crippen molar-refractivity contribution in [1.82, 2.24) is 9.47 Å².